The van der Waals surface area contributed by atoms with E-state index < -0.39 is 0 Å². The Balaban J connectivity index is 2.35. The van der Waals surface area contributed by atoms with E-state index in [0.29, 0.717) is 11.6 Å². The van der Waals surface area contributed by atoms with Crippen LogP contribution in [-0.2, 0) is 0 Å². The molecule has 0 aliphatic heterocycles. The number of hydrogen-bond donors (Lipinski definition) is 1. The van der Waals surface area contributed by atoms with E-state index in [9.17, 15) is 4.39 Å². The molecular weight excluding hydrogens is 269 g/mol. The zero-order chi connectivity index (χ0) is 14.0. The van der Waals surface area contributed by atoms with E-state index in [4.69, 9.17) is 11.6 Å². The Morgan fingerprint density at radius 3 is 2.63 bits per heavy atom. The molecule has 7 heteroatoms. The molecule has 2 rings (SSSR count). The fourth-order valence-electron chi connectivity index (χ4n) is 1.44. The maximum atomic E-state index is 13.2. The zero-order valence-electron chi connectivity index (χ0n) is 10.8. The van der Waals surface area contributed by atoms with Gasteiger partial charge in [-0.15, -0.1) is 0 Å². The van der Waals surface area contributed by atoms with Gasteiger partial charge in [0.2, 0.25) is 17.2 Å². The minimum atomic E-state index is -0.332. The molecule has 2 aromatic rings. The van der Waals surface area contributed by atoms with Gasteiger partial charge >= 0.3 is 0 Å². The highest BCUT2D eigenvalue weighted by Gasteiger charge is 2.08. The number of hydrogen-bond acceptors (Lipinski definition) is 5. The Morgan fingerprint density at radius 1 is 1.21 bits per heavy atom. The van der Waals surface area contributed by atoms with Crippen molar-refractivity contribution in [3.63, 3.8) is 0 Å². The molecule has 0 spiro atoms. The van der Waals surface area contributed by atoms with Crippen molar-refractivity contribution >= 4 is 29.2 Å². The first-order valence-corrected chi connectivity index (χ1v) is 5.95. The van der Waals surface area contributed by atoms with Gasteiger partial charge in [0.15, 0.2) is 0 Å². The largest absolute Gasteiger partial charge is 0.347 e. The molecule has 0 unspecified atom stereocenters. The van der Waals surface area contributed by atoms with Crippen molar-refractivity contribution in [3.8, 4) is 0 Å². The van der Waals surface area contributed by atoms with Crippen LogP contribution < -0.4 is 10.2 Å². The van der Waals surface area contributed by atoms with E-state index in [1.54, 1.807) is 25.1 Å². The SMILES string of the molecule is Cc1ccc(F)cc1Nc1nc(Cl)nc(N(C)C)n1. The Kier molecular flexibility index (Phi) is 3.80. The topological polar surface area (TPSA) is 53.9 Å². The number of nitrogens with zero attached hydrogens (tertiary/aromatic N) is 4. The van der Waals surface area contributed by atoms with Crippen LogP contribution in [0, 0.1) is 12.7 Å². The highest BCUT2D eigenvalue weighted by molar-refractivity contribution is 6.28. The first kappa shape index (κ1) is 13.5. The van der Waals surface area contributed by atoms with Crippen molar-refractivity contribution in [2.45, 2.75) is 6.92 Å². The maximum Gasteiger partial charge on any atom is 0.233 e. The summed E-state index contributed by atoms with van der Waals surface area (Å²) in [6, 6.07) is 4.45. The Morgan fingerprint density at radius 2 is 1.95 bits per heavy atom. The summed E-state index contributed by atoms with van der Waals surface area (Å²) in [5, 5.41) is 3.01. The average molecular weight is 282 g/mol. The summed E-state index contributed by atoms with van der Waals surface area (Å²) in [4.78, 5) is 13.8. The number of aromatic nitrogens is 3. The van der Waals surface area contributed by atoms with Crippen molar-refractivity contribution < 1.29 is 4.39 Å². The minimum absolute atomic E-state index is 0.0789. The number of anilines is 3. The fourth-order valence-corrected chi connectivity index (χ4v) is 1.60. The van der Waals surface area contributed by atoms with Crippen molar-refractivity contribution in [1.29, 1.82) is 0 Å². The van der Waals surface area contributed by atoms with Crippen molar-refractivity contribution in [2.24, 2.45) is 0 Å². The molecule has 1 heterocycles. The van der Waals surface area contributed by atoms with E-state index in [1.807, 2.05) is 6.92 Å². The van der Waals surface area contributed by atoms with Crippen LogP contribution >= 0.6 is 11.6 Å². The fraction of sp³-hybridized carbons (Fsp3) is 0.250. The predicted octanol–water partition coefficient (Wildman–Crippen LogP) is 2.78. The molecule has 0 amide bonds. The molecule has 0 aliphatic carbocycles. The molecular formula is C12H13ClFN5. The molecule has 19 heavy (non-hydrogen) atoms. The second-order valence-corrected chi connectivity index (χ2v) is 4.54. The van der Waals surface area contributed by atoms with Crippen LogP contribution in [0.5, 0.6) is 0 Å². The smallest absolute Gasteiger partial charge is 0.233 e. The van der Waals surface area contributed by atoms with Gasteiger partial charge in [0, 0.05) is 19.8 Å². The molecule has 0 bridgehead atoms. The lowest BCUT2D eigenvalue weighted by Crippen LogP contribution is -2.14. The van der Waals surface area contributed by atoms with Gasteiger partial charge in [-0.1, -0.05) is 6.07 Å². The van der Waals surface area contributed by atoms with Gasteiger partial charge in [-0.25, -0.2) is 4.39 Å². The van der Waals surface area contributed by atoms with Gasteiger partial charge in [0.1, 0.15) is 5.82 Å². The van der Waals surface area contributed by atoms with Crippen molar-refractivity contribution in [2.75, 3.05) is 24.3 Å². The monoisotopic (exact) mass is 281 g/mol. The highest BCUT2D eigenvalue weighted by Crippen LogP contribution is 2.21. The molecule has 1 aromatic heterocycles. The van der Waals surface area contributed by atoms with E-state index in [0.717, 1.165) is 5.56 Å². The number of rotatable bonds is 3. The zero-order valence-corrected chi connectivity index (χ0v) is 11.5. The molecule has 0 aliphatic rings. The Bertz CT molecular complexity index is 603. The Labute approximate surface area is 115 Å². The van der Waals surface area contributed by atoms with E-state index in [1.165, 1.54) is 12.1 Å². The van der Waals surface area contributed by atoms with Crippen LogP contribution in [0.3, 0.4) is 0 Å². The van der Waals surface area contributed by atoms with E-state index >= 15 is 0 Å². The molecule has 1 N–H and O–H groups in total. The molecule has 0 radical (unpaired) electrons. The summed E-state index contributed by atoms with van der Waals surface area (Å²) in [5.41, 5.74) is 1.47. The molecule has 5 nitrogen and oxygen atoms in total. The Hall–Kier alpha value is -1.95. The summed E-state index contributed by atoms with van der Waals surface area (Å²) in [7, 11) is 3.59. The van der Waals surface area contributed by atoms with Crippen LogP contribution in [0.1, 0.15) is 5.56 Å². The summed E-state index contributed by atoms with van der Waals surface area (Å²) < 4.78 is 13.2. The second kappa shape index (κ2) is 5.36. The van der Waals surface area contributed by atoms with Crippen molar-refractivity contribution in [3.05, 3.63) is 34.9 Å². The molecule has 0 saturated carbocycles. The lowest BCUT2D eigenvalue weighted by atomic mass is 10.2. The van der Waals surface area contributed by atoms with Gasteiger partial charge in [0.05, 0.1) is 0 Å². The third-order valence-corrected chi connectivity index (χ3v) is 2.61. The third kappa shape index (κ3) is 3.29. The van der Waals surface area contributed by atoms with Gasteiger partial charge in [0.25, 0.3) is 0 Å². The molecule has 1 aromatic carbocycles. The summed E-state index contributed by atoms with van der Waals surface area (Å²) in [5.74, 6) is 0.370. The highest BCUT2D eigenvalue weighted by atomic mass is 35.5. The van der Waals surface area contributed by atoms with Gasteiger partial charge < -0.3 is 10.2 Å². The molecule has 100 valence electrons. The third-order valence-electron chi connectivity index (χ3n) is 2.44. The van der Waals surface area contributed by atoms with Gasteiger partial charge in [-0.2, -0.15) is 15.0 Å². The minimum Gasteiger partial charge on any atom is -0.347 e. The van der Waals surface area contributed by atoms with Gasteiger partial charge in [-0.3, -0.25) is 0 Å². The van der Waals surface area contributed by atoms with Crippen LogP contribution in [0.2, 0.25) is 5.28 Å². The number of benzene rings is 1. The quantitative estimate of drug-likeness (QED) is 0.937. The predicted molar refractivity (Wildman–Crippen MR) is 73.6 cm³/mol. The standard InChI is InChI=1S/C12H13ClFN5/c1-7-4-5-8(14)6-9(7)15-11-16-10(13)17-12(18-11)19(2)3/h4-6H,1-3H3,(H,15,16,17,18). The van der Waals surface area contributed by atoms with Crippen LogP contribution in [0.4, 0.5) is 22.0 Å². The lowest BCUT2D eigenvalue weighted by Gasteiger charge is -2.12. The van der Waals surface area contributed by atoms with E-state index in [2.05, 4.69) is 20.3 Å². The number of halogens is 2. The average Bonchev–Trinajstić information content (AvgIpc) is 2.33. The molecule has 0 saturated heterocycles. The second-order valence-electron chi connectivity index (χ2n) is 4.21. The van der Waals surface area contributed by atoms with Crippen LogP contribution in [-0.4, -0.2) is 29.0 Å². The first-order valence-electron chi connectivity index (χ1n) is 5.58. The summed E-state index contributed by atoms with van der Waals surface area (Å²) in [6.45, 7) is 1.86. The van der Waals surface area contributed by atoms with Crippen LogP contribution in [0.15, 0.2) is 18.2 Å². The number of aryl methyl sites for hydroxylation is 1. The number of nitrogens with one attached hydrogen (secondary N) is 1. The summed E-state index contributed by atoms with van der Waals surface area (Å²) >= 11 is 5.83. The maximum absolute atomic E-state index is 13.2. The normalized spacial score (nSPS) is 10.4. The first-order chi connectivity index (χ1) is 8.95. The van der Waals surface area contributed by atoms with Crippen molar-refractivity contribution in [1.82, 2.24) is 15.0 Å². The van der Waals surface area contributed by atoms with E-state index in [-0.39, 0.29) is 17.0 Å². The summed E-state index contributed by atoms with van der Waals surface area (Å²) in [6.07, 6.45) is 0. The molecule has 0 fully saturated rings. The van der Waals surface area contributed by atoms with Gasteiger partial charge in [-0.05, 0) is 36.2 Å². The molecule has 0 atom stereocenters. The lowest BCUT2D eigenvalue weighted by molar-refractivity contribution is 0.628. The van der Waals surface area contributed by atoms with Crippen LogP contribution in [0.25, 0.3) is 0 Å².